The average molecular weight is 530 g/mol. The Balaban J connectivity index is 1.40. The number of Topliss-reactive ketones (excluding diaryl/α,β-unsaturated/α-hetero) is 1. The van der Waals surface area contributed by atoms with E-state index in [-0.39, 0.29) is 35.9 Å². The number of alkyl halides is 2. The van der Waals surface area contributed by atoms with Crippen LogP contribution in [0.15, 0.2) is 48.1 Å². The maximum absolute atomic E-state index is 17.4. The molecule has 38 heavy (non-hydrogen) atoms. The van der Waals surface area contributed by atoms with Gasteiger partial charge in [0.25, 0.3) is 0 Å². The number of fused-ring (bicyclic) bond motifs is 7. The van der Waals surface area contributed by atoms with Crippen LogP contribution in [-0.2, 0) is 16.1 Å². The van der Waals surface area contributed by atoms with Crippen molar-refractivity contribution in [2.45, 2.75) is 57.6 Å². The number of ketones is 2. The molecule has 0 bridgehead atoms. The molecule has 5 aliphatic rings. The van der Waals surface area contributed by atoms with Crippen LogP contribution in [0.25, 0.3) is 0 Å². The van der Waals surface area contributed by atoms with E-state index in [9.17, 15) is 24.2 Å². The molecule has 3 saturated carbocycles. The third-order valence-electron chi connectivity index (χ3n) is 11.2. The summed E-state index contributed by atoms with van der Waals surface area (Å²) in [7, 11) is 0. The van der Waals surface area contributed by atoms with Gasteiger partial charge in [-0.05, 0) is 78.9 Å². The molecule has 0 amide bonds. The molecule has 4 fully saturated rings. The Labute approximate surface area is 220 Å². The summed E-state index contributed by atoms with van der Waals surface area (Å²) < 4.78 is 46.9. The Bertz CT molecular complexity index is 1270. The van der Waals surface area contributed by atoms with Gasteiger partial charge in [0, 0.05) is 31.0 Å². The number of carbonyl (C=O) groups excluding carboxylic acids is 2. The van der Waals surface area contributed by atoms with E-state index in [2.05, 4.69) is 4.90 Å². The van der Waals surface area contributed by atoms with Gasteiger partial charge in [0.1, 0.15) is 18.6 Å². The fraction of sp³-hybridized carbons (Fsp3) is 0.600. The minimum Gasteiger partial charge on any atom is -0.390 e. The Hall–Kier alpha value is -2.29. The quantitative estimate of drug-likeness (QED) is 0.622. The molecule has 0 aromatic heterocycles. The summed E-state index contributed by atoms with van der Waals surface area (Å²) in [5.74, 6) is -2.55. The molecule has 6 rings (SSSR count). The minimum atomic E-state index is -2.20. The van der Waals surface area contributed by atoms with E-state index in [1.807, 2.05) is 13.0 Å². The summed E-state index contributed by atoms with van der Waals surface area (Å²) >= 11 is 0. The Kier molecular flexibility index (Phi) is 5.71. The van der Waals surface area contributed by atoms with Crippen LogP contribution in [0.5, 0.6) is 0 Å². The van der Waals surface area contributed by atoms with Crippen molar-refractivity contribution in [1.82, 2.24) is 4.90 Å². The molecule has 1 aromatic rings. The zero-order chi connectivity index (χ0) is 27.3. The molecular formula is C30H34F3NO4. The molecular weight excluding hydrogens is 495 g/mol. The van der Waals surface area contributed by atoms with E-state index in [0.717, 1.165) is 5.56 Å². The number of halogens is 3. The van der Waals surface area contributed by atoms with E-state index >= 15 is 8.78 Å². The lowest BCUT2D eigenvalue weighted by atomic mass is 9.43. The van der Waals surface area contributed by atoms with Gasteiger partial charge < -0.3 is 10.2 Å². The molecule has 0 radical (unpaired) electrons. The van der Waals surface area contributed by atoms with Gasteiger partial charge in [0.15, 0.2) is 17.2 Å². The Morgan fingerprint density at radius 3 is 2.68 bits per heavy atom. The number of carbonyl (C=O) groups is 2. The predicted octanol–water partition coefficient (Wildman–Crippen LogP) is 3.73. The molecule has 5 nitrogen and oxygen atoms in total. The summed E-state index contributed by atoms with van der Waals surface area (Å²) in [5, 5.41) is 21.7. The first-order valence-corrected chi connectivity index (χ1v) is 13.5. The highest BCUT2D eigenvalue weighted by molar-refractivity contribution is 6.01. The molecule has 1 aliphatic heterocycles. The standard InChI is InChI=1S/C30H34F3NO4/c1-27-7-6-20(36)10-23(27)24(32)11-22-21-9-18-14-34(13-17-4-3-5-19(31)8-17)16-29(18,26(38)15-35)28(21,2)12-25(37)30(22,27)33/h3-8,10,18,21-22,24-25,35,37H,9,11-16H2,1-2H3/t18-,21-,22-,24-,25-,27-,28-,29+,30-/m0/s1. The van der Waals surface area contributed by atoms with Gasteiger partial charge in [0.05, 0.1) is 11.5 Å². The van der Waals surface area contributed by atoms with Crippen molar-refractivity contribution >= 4 is 11.6 Å². The van der Waals surface area contributed by atoms with Crippen molar-refractivity contribution in [2.75, 3.05) is 19.7 Å². The number of benzene rings is 1. The molecule has 204 valence electrons. The zero-order valence-electron chi connectivity index (χ0n) is 21.7. The zero-order valence-corrected chi connectivity index (χ0v) is 21.7. The van der Waals surface area contributed by atoms with Crippen molar-refractivity contribution in [3.63, 3.8) is 0 Å². The lowest BCUT2D eigenvalue weighted by Gasteiger charge is -2.63. The molecule has 0 unspecified atom stereocenters. The fourth-order valence-electron chi connectivity index (χ4n) is 9.53. The van der Waals surface area contributed by atoms with Crippen molar-refractivity contribution in [3.05, 3.63) is 59.4 Å². The molecule has 1 saturated heterocycles. The fourth-order valence-corrected chi connectivity index (χ4v) is 9.53. The topological polar surface area (TPSA) is 77.8 Å². The number of hydrogen-bond donors (Lipinski definition) is 2. The van der Waals surface area contributed by atoms with Gasteiger partial charge in [-0.1, -0.05) is 25.1 Å². The third kappa shape index (κ3) is 3.11. The van der Waals surface area contributed by atoms with Crippen molar-refractivity contribution in [1.29, 1.82) is 0 Å². The molecule has 1 heterocycles. The van der Waals surface area contributed by atoms with Crippen molar-refractivity contribution in [2.24, 2.45) is 34.0 Å². The van der Waals surface area contributed by atoms with Gasteiger partial charge in [-0.15, -0.1) is 0 Å². The lowest BCUT2D eigenvalue weighted by Crippen LogP contribution is -2.69. The maximum Gasteiger partial charge on any atom is 0.178 e. The van der Waals surface area contributed by atoms with Gasteiger partial charge in [0.2, 0.25) is 0 Å². The molecule has 4 aliphatic carbocycles. The molecule has 9 atom stereocenters. The first-order valence-electron chi connectivity index (χ1n) is 13.5. The van der Waals surface area contributed by atoms with Gasteiger partial charge in [-0.2, -0.15) is 0 Å². The summed E-state index contributed by atoms with van der Waals surface area (Å²) in [4.78, 5) is 27.7. The van der Waals surface area contributed by atoms with Crippen LogP contribution in [0, 0.1) is 39.8 Å². The number of rotatable bonds is 4. The van der Waals surface area contributed by atoms with Gasteiger partial charge >= 0.3 is 0 Å². The molecule has 0 spiro atoms. The first kappa shape index (κ1) is 26.0. The minimum absolute atomic E-state index is 0.0116. The number of aliphatic hydroxyl groups is 2. The number of nitrogens with zero attached hydrogens (tertiary/aromatic N) is 1. The van der Waals surface area contributed by atoms with E-state index in [0.29, 0.717) is 26.1 Å². The Morgan fingerprint density at radius 1 is 1.21 bits per heavy atom. The average Bonchev–Trinajstić information content (AvgIpc) is 3.34. The monoisotopic (exact) mass is 529 g/mol. The maximum atomic E-state index is 17.4. The molecule has 8 heteroatoms. The number of likely N-dealkylation sites (tertiary alicyclic amines) is 1. The lowest BCUT2D eigenvalue weighted by molar-refractivity contribution is -0.212. The van der Waals surface area contributed by atoms with E-state index in [1.165, 1.54) is 30.4 Å². The van der Waals surface area contributed by atoms with Gasteiger partial charge in [-0.25, -0.2) is 13.2 Å². The highest BCUT2D eigenvalue weighted by Gasteiger charge is 2.78. The summed E-state index contributed by atoms with van der Waals surface area (Å²) in [6.45, 7) is 4.03. The summed E-state index contributed by atoms with van der Waals surface area (Å²) in [6, 6.07) is 6.29. The first-order chi connectivity index (χ1) is 17.9. The summed E-state index contributed by atoms with van der Waals surface area (Å²) in [6.07, 6.45) is 1.11. The van der Waals surface area contributed by atoms with Crippen LogP contribution in [-0.4, -0.2) is 64.3 Å². The van der Waals surface area contributed by atoms with E-state index in [4.69, 9.17) is 0 Å². The van der Waals surface area contributed by atoms with Crippen LogP contribution >= 0.6 is 0 Å². The smallest absolute Gasteiger partial charge is 0.178 e. The predicted molar refractivity (Wildman–Crippen MR) is 134 cm³/mol. The van der Waals surface area contributed by atoms with Crippen molar-refractivity contribution in [3.8, 4) is 0 Å². The number of aliphatic hydroxyl groups excluding tert-OH is 2. The number of allylic oxidation sites excluding steroid dienone is 4. The van der Waals surface area contributed by atoms with Crippen molar-refractivity contribution < 1.29 is 33.0 Å². The van der Waals surface area contributed by atoms with Crippen LogP contribution in [0.2, 0.25) is 0 Å². The normalized spacial score (nSPS) is 45.7. The SMILES string of the molecule is C[C@]12C=CC(=O)C=C1[C@@H](F)C[C@H]1[C@@H]3C[C@H]4CN(Cc5cccc(F)c5)C[C@@]4(C(=O)CO)[C@@]3(C)C[C@H](O)[C@@]12F. The second kappa shape index (κ2) is 8.35. The van der Waals surface area contributed by atoms with Crippen LogP contribution < -0.4 is 0 Å². The Morgan fingerprint density at radius 2 is 1.97 bits per heavy atom. The second-order valence-electron chi connectivity index (χ2n) is 12.6. The van der Waals surface area contributed by atoms with Crippen LogP contribution in [0.1, 0.15) is 38.7 Å². The van der Waals surface area contributed by atoms with E-state index in [1.54, 1.807) is 13.0 Å². The highest BCUT2D eigenvalue weighted by atomic mass is 19.1. The van der Waals surface area contributed by atoms with Gasteiger partial charge in [-0.3, -0.25) is 14.5 Å². The second-order valence-corrected chi connectivity index (χ2v) is 12.6. The van der Waals surface area contributed by atoms with E-state index < -0.39 is 58.4 Å². The van der Waals surface area contributed by atoms with Crippen LogP contribution in [0.3, 0.4) is 0 Å². The molecule has 2 N–H and O–H groups in total. The van der Waals surface area contributed by atoms with Crippen LogP contribution in [0.4, 0.5) is 13.2 Å². The largest absolute Gasteiger partial charge is 0.390 e. The molecule has 1 aromatic carbocycles. The third-order valence-corrected chi connectivity index (χ3v) is 11.2. The highest BCUT2D eigenvalue weighted by Crippen LogP contribution is 2.74. The summed E-state index contributed by atoms with van der Waals surface area (Å²) in [5.41, 5.74) is -4.75. The number of hydrogen-bond acceptors (Lipinski definition) is 5.